The number of hydrogen-bond donors (Lipinski definition) is 1. The van der Waals surface area contributed by atoms with Crippen molar-refractivity contribution < 1.29 is 0 Å². The van der Waals surface area contributed by atoms with E-state index in [4.69, 9.17) is 23.2 Å². The standard InChI is InChI=1S/C17H17Cl2N/c18-16-7-3-1-5-13(16)12-9-10-20-11-15(12)14-6-2-4-8-17(14)19/h1-8,12,15,20H,9-11H2. The molecule has 2 atom stereocenters. The zero-order chi connectivity index (χ0) is 13.9. The van der Waals surface area contributed by atoms with Crippen molar-refractivity contribution in [3.05, 3.63) is 69.7 Å². The second kappa shape index (κ2) is 6.17. The van der Waals surface area contributed by atoms with Gasteiger partial charge < -0.3 is 5.32 Å². The number of benzene rings is 2. The van der Waals surface area contributed by atoms with Crippen LogP contribution in [0.2, 0.25) is 10.0 Å². The molecule has 0 radical (unpaired) electrons. The normalized spacial score (nSPS) is 22.7. The van der Waals surface area contributed by atoms with Gasteiger partial charge in [-0.05, 0) is 42.1 Å². The first kappa shape index (κ1) is 13.9. The van der Waals surface area contributed by atoms with Crippen LogP contribution >= 0.6 is 23.2 Å². The predicted molar refractivity (Wildman–Crippen MR) is 85.9 cm³/mol. The molecule has 2 unspecified atom stereocenters. The summed E-state index contributed by atoms with van der Waals surface area (Å²) in [7, 11) is 0. The van der Waals surface area contributed by atoms with Gasteiger partial charge in [-0.3, -0.25) is 0 Å². The molecule has 2 aromatic carbocycles. The molecule has 0 saturated carbocycles. The average molecular weight is 306 g/mol. The Morgan fingerprint density at radius 2 is 1.35 bits per heavy atom. The number of hydrogen-bond acceptors (Lipinski definition) is 1. The van der Waals surface area contributed by atoms with Gasteiger partial charge in [0.2, 0.25) is 0 Å². The predicted octanol–water partition coefficient (Wildman–Crippen LogP) is 4.85. The van der Waals surface area contributed by atoms with Crippen molar-refractivity contribution in [2.45, 2.75) is 18.3 Å². The van der Waals surface area contributed by atoms with Crippen LogP contribution in [0, 0.1) is 0 Å². The number of rotatable bonds is 2. The maximum Gasteiger partial charge on any atom is 0.0441 e. The molecule has 1 aliphatic heterocycles. The number of piperidine rings is 1. The van der Waals surface area contributed by atoms with Crippen LogP contribution < -0.4 is 5.32 Å². The quantitative estimate of drug-likeness (QED) is 0.836. The summed E-state index contributed by atoms with van der Waals surface area (Å²) in [5, 5.41) is 5.18. The maximum atomic E-state index is 6.40. The van der Waals surface area contributed by atoms with E-state index in [1.165, 1.54) is 11.1 Å². The van der Waals surface area contributed by atoms with E-state index in [2.05, 4.69) is 29.6 Å². The second-order valence-electron chi connectivity index (χ2n) is 5.25. The van der Waals surface area contributed by atoms with E-state index in [9.17, 15) is 0 Å². The fourth-order valence-electron chi connectivity index (χ4n) is 3.11. The summed E-state index contributed by atoms with van der Waals surface area (Å²) >= 11 is 12.8. The van der Waals surface area contributed by atoms with E-state index in [-0.39, 0.29) is 0 Å². The third-order valence-electron chi connectivity index (χ3n) is 4.09. The van der Waals surface area contributed by atoms with Crippen LogP contribution in [0.5, 0.6) is 0 Å². The fourth-order valence-corrected chi connectivity index (χ4v) is 3.66. The minimum absolute atomic E-state index is 0.373. The minimum atomic E-state index is 0.373. The zero-order valence-electron chi connectivity index (χ0n) is 11.2. The van der Waals surface area contributed by atoms with E-state index in [0.717, 1.165) is 29.6 Å². The van der Waals surface area contributed by atoms with Crippen molar-refractivity contribution in [3.63, 3.8) is 0 Å². The van der Waals surface area contributed by atoms with Crippen LogP contribution in [0.3, 0.4) is 0 Å². The van der Waals surface area contributed by atoms with Crippen LogP contribution in [0.1, 0.15) is 29.4 Å². The second-order valence-corrected chi connectivity index (χ2v) is 6.06. The molecular weight excluding hydrogens is 289 g/mol. The first-order valence-electron chi connectivity index (χ1n) is 6.97. The molecule has 3 rings (SSSR count). The summed E-state index contributed by atoms with van der Waals surface area (Å²) in [6.07, 6.45) is 1.08. The molecular formula is C17H17Cl2N. The Morgan fingerprint density at radius 1 is 0.800 bits per heavy atom. The van der Waals surface area contributed by atoms with Crippen molar-refractivity contribution in [2.75, 3.05) is 13.1 Å². The Balaban J connectivity index is 2.00. The van der Waals surface area contributed by atoms with Crippen molar-refractivity contribution in [1.29, 1.82) is 0 Å². The molecule has 0 spiro atoms. The lowest BCUT2D eigenvalue weighted by Gasteiger charge is -2.34. The molecule has 20 heavy (non-hydrogen) atoms. The van der Waals surface area contributed by atoms with Gasteiger partial charge in [0.15, 0.2) is 0 Å². The summed E-state index contributed by atoms with van der Waals surface area (Å²) in [6.45, 7) is 1.97. The molecule has 1 aliphatic rings. The lowest BCUT2D eigenvalue weighted by molar-refractivity contribution is 0.404. The van der Waals surface area contributed by atoms with Gasteiger partial charge in [0.1, 0.15) is 0 Å². The van der Waals surface area contributed by atoms with Crippen molar-refractivity contribution in [2.24, 2.45) is 0 Å². The molecule has 0 aromatic heterocycles. The van der Waals surface area contributed by atoms with Gasteiger partial charge in [-0.25, -0.2) is 0 Å². The lowest BCUT2D eigenvalue weighted by atomic mass is 9.77. The SMILES string of the molecule is Clc1ccccc1C1CCNCC1c1ccccc1Cl. The van der Waals surface area contributed by atoms with Crippen molar-refractivity contribution in [3.8, 4) is 0 Å². The Hall–Kier alpha value is -1.02. The highest BCUT2D eigenvalue weighted by molar-refractivity contribution is 6.31. The average Bonchev–Trinajstić information content (AvgIpc) is 2.48. The molecule has 104 valence electrons. The third kappa shape index (κ3) is 2.71. The van der Waals surface area contributed by atoms with E-state index < -0.39 is 0 Å². The molecule has 1 N–H and O–H groups in total. The molecule has 0 amide bonds. The molecule has 1 fully saturated rings. The highest BCUT2D eigenvalue weighted by atomic mass is 35.5. The summed E-state index contributed by atoms with van der Waals surface area (Å²) in [6, 6.07) is 16.3. The molecule has 2 aromatic rings. The topological polar surface area (TPSA) is 12.0 Å². The summed E-state index contributed by atoms with van der Waals surface area (Å²) in [5.41, 5.74) is 2.45. The number of halogens is 2. The van der Waals surface area contributed by atoms with Gasteiger partial charge in [-0.1, -0.05) is 59.6 Å². The molecule has 0 bridgehead atoms. The van der Waals surface area contributed by atoms with Gasteiger partial charge >= 0.3 is 0 Å². The molecule has 1 heterocycles. The van der Waals surface area contributed by atoms with E-state index in [1.807, 2.05) is 24.3 Å². The fraction of sp³-hybridized carbons (Fsp3) is 0.294. The van der Waals surface area contributed by atoms with Crippen molar-refractivity contribution in [1.82, 2.24) is 5.32 Å². The van der Waals surface area contributed by atoms with E-state index >= 15 is 0 Å². The monoisotopic (exact) mass is 305 g/mol. The minimum Gasteiger partial charge on any atom is -0.316 e. The van der Waals surface area contributed by atoms with Crippen LogP contribution in [0.4, 0.5) is 0 Å². The molecule has 3 heteroatoms. The smallest absolute Gasteiger partial charge is 0.0441 e. The molecule has 1 nitrogen and oxygen atoms in total. The van der Waals surface area contributed by atoms with Gasteiger partial charge in [-0.2, -0.15) is 0 Å². The Kier molecular flexibility index (Phi) is 4.30. The zero-order valence-corrected chi connectivity index (χ0v) is 12.7. The number of nitrogens with one attached hydrogen (secondary N) is 1. The van der Waals surface area contributed by atoms with Crippen molar-refractivity contribution >= 4 is 23.2 Å². The summed E-state index contributed by atoms with van der Waals surface area (Å²) in [5.74, 6) is 0.794. The maximum absolute atomic E-state index is 6.40. The highest BCUT2D eigenvalue weighted by Gasteiger charge is 2.30. The third-order valence-corrected chi connectivity index (χ3v) is 4.78. The van der Waals surface area contributed by atoms with Crippen LogP contribution in [0.15, 0.2) is 48.5 Å². The first-order valence-corrected chi connectivity index (χ1v) is 7.72. The van der Waals surface area contributed by atoms with Crippen LogP contribution in [0.25, 0.3) is 0 Å². The van der Waals surface area contributed by atoms with Gasteiger partial charge in [-0.15, -0.1) is 0 Å². The van der Waals surface area contributed by atoms with Crippen LogP contribution in [-0.2, 0) is 0 Å². The van der Waals surface area contributed by atoms with E-state index in [1.54, 1.807) is 0 Å². The van der Waals surface area contributed by atoms with Gasteiger partial charge in [0, 0.05) is 22.5 Å². The van der Waals surface area contributed by atoms with E-state index in [0.29, 0.717) is 11.8 Å². The van der Waals surface area contributed by atoms with Gasteiger partial charge in [0.25, 0.3) is 0 Å². The lowest BCUT2D eigenvalue weighted by Crippen LogP contribution is -2.34. The largest absolute Gasteiger partial charge is 0.316 e. The summed E-state index contributed by atoms with van der Waals surface area (Å²) in [4.78, 5) is 0. The summed E-state index contributed by atoms with van der Waals surface area (Å²) < 4.78 is 0. The Bertz CT molecular complexity index is 544. The van der Waals surface area contributed by atoms with Gasteiger partial charge in [0.05, 0.1) is 0 Å². The van der Waals surface area contributed by atoms with Crippen LogP contribution in [-0.4, -0.2) is 13.1 Å². The Labute approximate surface area is 129 Å². The molecule has 1 saturated heterocycles. The Morgan fingerprint density at radius 3 is 1.95 bits per heavy atom. The first-order chi connectivity index (χ1) is 9.77. The molecule has 0 aliphatic carbocycles. The highest BCUT2D eigenvalue weighted by Crippen LogP contribution is 2.41.